The molecule has 0 bridgehead atoms. The second-order valence-electron chi connectivity index (χ2n) is 4.78. The number of nitrogens with zero attached hydrogens (tertiary/aromatic N) is 2. The van der Waals surface area contributed by atoms with Crippen molar-refractivity contribution >= 4 is 5.91 Å². The molecular formula is C13H18N2O2. The largest absolute Gasteiger partial charge is 0.381 e. The SMILES string of the molecule is C=CCN(C(=O)C1(C#N)CCOCC1)C1CC1. The van der Waals surface area contributed by atoms with E-state index in [1.165, 1.54) is 0 Å². The lowest BCUT2D eigenvalue weighted by Crippen LogP contribution is -2.47. The molecule has 1 aliphatic heterocycles. The van der Waals surface area contributed by atoms with Gasteiger partial charge in [0.05, 0.1) is 6.07 Å². The first kappa shape index (κ1) is 12.1. The van der Waals surface area contributed by atoms with Gasteiger partial charge in [-0.1, -0.05) is 6.08 Å². The van der Waals surface area contributed by atoms with Gasteiger partial charge in [0.25, 0.3) is 0 Å². The third kappa shape index (κ3) is 2.34. The first-order valence-corrected chi connectivity index (χ1v) is 6.14. The van der Waals surface area contributed by atoms with Crippen LogP contribution in [0.2, 0.25) is 0 Å². The highest BCUT2D eigenvalue weighted by Gasteiger charge is 2.46. The zero-order valence-electron chi connectivity index (χ0n) is 10.0. The molecule has 92 valence electrons. The molecule has 1 heterocycles. The fourth-order valence-electron chi connectivity index (χ4n) is 2.29. The Balaban J connectivity index is 2.14. The van der Waals surface area contributed by atoms with Crippen molar-refractivity contribution in [3.8, 4) is 6.07 Å². The monoisotopic (exact) mass is 234 g/mol. The predicted octanol–water partition coefficient (Wildman–Crippen LogP) is 1.48. The molecule has 1 aliphatic carbocycles. The third-order valence-electron chi connectivity index (χ3n) is 3.54. The zero-order valence-corrected chi connectivity index (χ0v) is 10.0. The summed E-state index contributed by atoms with van der Waals surface area (Å²) in [4.78, 5) is 14.3. The minimum atomic E-state index is -0.857. The number of amides is 1. The average Bonchev–Trinajstić information content (AvgIpc) is 3.20. The first-order chi connectivity index (χ1) is 8.23. The molecule has 0 aromatic rings. The van der Waals surface area contributed by atoms with Gasteiger partial charge in [-0.2, -0.15) is 5.26 Å². The Labute approximate surface area is 102 Å². The van der Waals surface area contributed by atoms with Gasteiger partial charge in [-0.15, -0.1) is 6.58 Å². The van der Waals surface area contributed by atoms with Crippen molar-refractivity contribution in [1.82, 2.24) is 4.90 Å². The highest BCUT2D eigenvalue weighted by Crippen LogP contribution is 2.36. The van der Waals surface area contributed by atoms with Crippen molar-refractivity contribution in [3.63, 3.8) is 0 Å². The summed E-state index contributed by atoms with van der Waals surface area (Å²) >= 11 is 0. The average molecular weight is 234 g/mol. The van der Waals surface area contributed by atoms with E-state index in [4.69, 9.17) is 4.74 Å². The second kappa shape index (κ2) is 4.89. The molecule has 0 spiro atoms. The molecule has 2 fully saturated rings. The van der Waals surface area contributed by atoms with E-state index in [1.54, 1.807) is 6.08 Å². The van der Waals surface area contributed by atoms with Gasteiger partial charge in [0.1, 0.15) is 5.41 Å². The lowest BCUT2D eigenvalue weighted by molar-refractivity contribution is -0.143. The van der Waals surface area contributed by atoms with Crippen LogP contribution in [0, 0.1) is 16.7 Å². The van der Waals surface area contributed by atoms with Crippen LogP contribution in [0.5, 0.6) is 0 Å². The summed E-state index contributed by atoms with van der Waals surface area (Å²) in [5.41, 5.74) is -0.857. The standard InChI is InChI=1S/C13H18N2O2/c1-2-7-15(11-3-4-11)12(16)13(10-14)5-8-17-9-6-13/h2,11H,1,3-9H2. The number of carbonyl (C=O) groups excluding carboxylic acids is 1. The van der Waals surface area contributed by atoms with Gasteiger partial charge in [-0.05, 0) is 25.7 Å². The van der Waals surface area contributed by atoms with Crippen molar-refractivity contribution in [2.45, 2.75) is 31.7 Å². The topological polar surface area (TPSA) is 53.3 Å². The van der Waals surface area contributed by atoms with Crippen molar-refractivity contribution in [1.29, 1.82) is 5.26 Å². The summed E-state index contributed by atoms with van der Waals surface area (Å²) in [5, 5.41) is 9.35. The molecule has 0 aromatic heterocycles. The fraction of sp³-hybridized carbons (Fsp3) is 0.692. The molecule has 1 saturated carbocycles. The van der Waals surface area contributed by atoms with E-state index < -0.39 is 5.41 Å². The van der Waals surface area contributed by atoms with E-state index >= 15 is 0 Å². The molecule has 1 amide bonds. The molecular weight excluding hydrogens is 216 g/mol. The van der Waals surface area contributed by atoms with Crippen LogP contribution in [0.15, 0.2) is 12.7 Å². The lowest BCUT2D eigenvalue weighted by Gasteiger charge is -2.34. The maximum atomic E-state index is 12.5. The molecule has 17 heavy (non-hydrogen) atoms. The van der Waals surface area contributed by atoms with Crippen LogP contribution < -0.4 is 0 Å². The van der Waals surface area contributed by atoms with Crippen LogP contribution in [0.25, 0.3) is 0 Å². The van der Waals surface area contributed by atoms with Gasteiger partial charge in [0, 0.05) is 25.8 Å². The Kier molecular flexibility index (Phi) is 3.49. The van der Waals surface area contributed by atoms with Gasteiger partial charge in [-0.25, -0.2) is 0 Å². The number of carbonyl (C=O) groups is 1. The Hall–Kier alpha value is -1.34. The van der Waals surface area contributed by atoms with Crippen LogP contribution in [0.1, 0.15) is 25.7 Å². The number of hydrogen-bond donors (Lipinski definition) is 0. The van der Waals surface area contributed by atoms with E-state index in [9.17, 15) is 10.1 Å². The maximum Gasteiger partial charge on any atom is 0.243 e. The maximum absolute atomic E-state index is 12.5. The smallest absolute Gasteiger partial charge is 0.243 e. The highest BCUT2D eigenvalue weighted by molar-refractivity contribution is 5.86. The highest BCUT2D eigenvalue weighted by atomic mass is 16.5. The quantitative estimate of drug-likeness (QED) is 0.692. The number of hydrogen-bond acceptors (Lipinski definition) is 3. The Morgan fingerprint density at radius 3 is 2.65 bits per heavy atom. The zero-order chi connectivity index (χ0) is 12.3. The Morgan fingerprint density at radius 2 is 2.18 bits per heavy atom. The normalized spacial score (nSPS) is 22.5. The van der Waals surface area contributed by atoms with E-state index in [-0.39, 0.29) is 5.91 Å². The fourth-order valence-corrected chi connectivity index (χ4v) is 2.29. The van der Waals surface area contributed by atoms with E-state index in [2.05, 4.69) is 12.6 Å². The summed E-state index contributed by atoms with van der Waals surface area (Å²) in [7, 11) is 0. The minimum Gasteiger partial charge on any atom is -0.381 e. The third-order valence-corrected chi connectivity index (χ3v) is 3.54. The van der Waals surface area contributed by atoms with Gasteiger partial charge in [0.15, 0.2) is 0 Å². The molecule has 0 aromatic carbocycles. The van der Waals surface area contributed by atoms with Gasteiger partial charge in [0.2, 0.25) is 5.91 Å². The van der Waals surface area contributed by atoms with Crippen molar-refractivity contribution in [2.75, 3.05) is 19.8 Å². The molecule has 0 atom stereocenters. The summed E-state index contributed by atoms with van der Waals surface area (Å²) < 4.78 is 5.25. The van der Waals surface area contributed by atoms with Gasteiger partial charge < -0.3 is 9.64 Å². The molecule has 0 N–H and O–H groups in total. The number of ether oxygens (including phenoxy) is 1. The molecule has 1 saturated heterocycles. The number of nitriles is 1. The molecule has 0 radical (unpaired) electrons. The molecule has 2 rings (SSSR count). The van der Waals surface area contributed by atoms with Gasteiger partial charge >= 0.3 is 0 Å². The second-order valence-corrected chi connectivity index (χ2v) is 4.78. The molecule has 0 unspecified atom stereocenters. The molecule has 4 heteroatoms. The van der Waals surface area contributed by atoms with E-state index in [0.717, 1.165) is 12.8 Å². The number of rotatable bonds is 4. The Morgan fingerprint density at radius 1 is 1.53 bits per heavy atom. The van der Waals surface area contributed by atoms with Crippen LogP contribution in [0.3, 0.4) is 0 Å². The van der Waals surface area contributed by atoms with Crippen LogP contribution in [-0.2, 0) is 9.53 Å². The van der Waals surface area contributed by atoms with E-state index in [1.807, 2.05) is 4.90 Å². The summed E-state index contributed by atoms with van der Waals surface area (Å²) in [5.74, 6) is -0.0225. The molecule has 4 nitrogen and oxygen atoms in total. The minimum absolute atomic E-state index is 0.0225. The molecule has 2 aliphatic rings. The lowest BCUT2D eigenvalue weighted by atomic mass is 9.80. The predicted molar refractivity (Wildman–Crippen MR) is 63.0 cm³/mol. The summed E-state index contributed by atoms with van der Waals surface area (Å²) in [6.07, 6.45) is 4.88. The summed E-state index contributed by atoms with van der Waals surface area (Å²) in [6.45, 7) is 5.25. The van der Waals surface area contributed by atoms with Crippen LogP contribution in [-0.4, -0.2) is 36.6 Å². The Bertz CT molecular complexity index is 349. The van der Waals surface area contributed by atoms with Gasteiger partial charge in [-0.3, -0.25) is 4.79 Å². The van der Waals surface area contributed by atoms with E-state index in [0.29, 0.717) is 38.6 Å². The first-order valence-electron chi connectivity index (χ1n) is 6.14. The van der Waals surface area contributed by atoms with Crippen molar-refractivity contribution in [2.24, 2.45) is 5.41 Å². The summed E-state index contributed by atoms with van der Waals surface area (Å²) in [6, 6.07) is 2.56. The van der Waals surface area contributed by atoms with Crippen LogP contribution in [0.4, 0.5) is 0 Å². The van der Waals surface area contributed by atoms with Crippen molar-refractivity contribution in [3.05, 3.63) is 12.7 Å². The van der Waals surface area contributed by atoms with Crippen molar-refractivity contribution < 1.29 is 9.53 Å². The van der Waals surface area contributed by atoms with Crippen LogP contribution >= 0.6 is 0 Å².